The Morgan fingerprint density at radius 3 is 1.64 bits per heavy atom. The second-order valence-corrected chi connectivity index (χ2v) is 20.9. The molecule has 0 atom stereocenters. The Morgan fingerprint density at radius 2 is 1.00 bits per heavy atom. The molecule has 2 aromatic heterocycles. The predicted octanol–water partition coefficient (Wildman–Crippen LogP) is 13.2. The van der Waals surface area contributed by atoms with Crippen LogP contribution in [0.2, 0.25) is 0 Å². The van der Waals surface area contributed by atoms with Gasteiger partial charge in [-0.3, -0.25) is 0 Å². The van der Waals surface area contributed by atoms with E-state index in [0.717, 1.165) is 0 Å². The molecule has 0 saturated carbocycles. The normalized spacial score (nSPS) is 14.2. The largest absolute Gasteiger partial charge is 0.311 e. The van der Waals surface area contributed by atoms with Crippen LogP contribution >= 0.6 is 22.7 Å². The molecule has 8 aromatic rings. The third-order valence-electron chi connectivity index (χ3n) is 11.9. The maximum Gasteiger partial charge on any atom is 0.264 e. The van der Waals surface area contributed by atoms with Crippen LogP contribution in [0.4, 0.5) is 34.1 Å². The molecule has 0 fully saturated rings. The summed E-state index contributed by atoms with van der Waals surface area (Å²) in [6.07, 6.45) is 0. The van der Waals surface area contributed by atoms with E-state index >= 15 is 0 Å². The lowest BCUT2D eigenvalue weighted by Crippen LogP contribution is -2.60. The summed E-state index contributed by atoms with van der Waals surface area (Å²) in [5.41, 5.74) is 14.5. The molecule has 0 unspecified atom stereocenters. The highest BCUT2D eigenvalue weighted by molar-refractivity contribution is 7.34. The molecule has 0 radical (unpaired) electrons. The Hall–Kier alpha value is -4.84. The van der Waals surface area contributed by atoms with E-state index in [4.69, 9.17) is 0 Å². The second kappa shape index (κ2) is 11.8. The fraction of sp³-hybridized carbons (Fsp3) is 0.240. The van der Waals surface area contributed by atoms with E-state index in [9.17, 15) is 0 Å². The fourth-order valence-corrected chi connectivity index (χ4v) is 11.4. The van der Waals surface area contributed by atoms with Crippen LogP contribution in [0, 0.1) is 0 Å². The molecule has 5 heteroatoms. The van der Waals surface area contributed by atoms with Crippen LogP contribution in [0.3, 0.4) is 0 Å². The van der Waals surface area contributed by atoms with Gasteiger partial charge in [0.05, 0.1) is 5.69 Å². The number of hydrogen-bond acceptors (Lipinski definition) is 4. The average Bonchev–Trinajstić information content (AvgIpc) is 3.70. The maximum atomic E-state index is 2.59. The molecule has 0 saturated heterocycles. The van der Waals surface area contributed by atoms with Crippen molar-refractivity contribution in [3.05, 3.63) is 138 Å². The summed E-state index contributed by atoms with van der Waals surface area (Å²) >= 11 is 3.91. The molecule has 0 aliphatic carbocycles. The summed E-state index contributed by atoms with van der Waals surface area (Å²) < 4.78 is 5.48. The summed E-state index contributed by atoms with van der Waals surface area (Å²) in [7, 11) is 0. The van der Waals surface area contributed by atoms with Crippen LogP contribution in [-0.4, -0.2) is 6.71 Å². The molecule has 0 spiro atoms. The van der Waals surface area contributed by atoms with Crippen molar-refractivity contribution in [2.45, 2.75) is 78.6 Å². The predicted molar refractivity (Wildman–Crippen MR) is 245 cm³/mol. The van der Waals surface area contributed by atoms with Gasteiger partial charge in [-0.15, -0.1) is 22.7 Å². The number of anilines is 6. The van der Waals surface area contributed by atoms with Crippen LogP contribution in [0.25, 0.3) is 30.3 Å². The molecule has 4 heterocycles. The van der Waals surface area contributed by atoms with E-state index in [1.807, 2.05) is 22.7 Å². The van der Waals surface area contributed by atoms with Gasteiger partial charge >= 0.3 is 0 Å². The highest BCUT2D eigenvalue weighted by Gasteiger charge is 2.45. The average molecular weight is 751 g/mol. The van der Waals surface area contributed by atoms with Gasteiger partial charge < -0.3 is 9.80 Å². The maximum absolute atomic E-state index is 2.59. The first-order valence-electron chi connectivity index (χ1n) is 19.6. The first kappa shape index (κ1) is 34.6. The number of hydrogen-bond donors (Lipinski definition) is 0. The molecule has 0 N–H and O–H groups in total. The van der Waals surface area contributed by atoms with E-state index in [2.05, 4.69) is 193 Å². The first-order chi connectivity index (χ1) is 26.2. The Labute approximate surface area is 334 Å². The van der Waals surface area contributed by atoms with E-state index < -0.39 is 0 Å². The van der Waals surface area contributed by atoms with Crippen molar-refractivity contribution in [1.82, 2.24) is 0 Å². The smallest absolute Gasteiger partial charge is 0.264 e. The number of fused-ring (bicyclic) bond motifs is 9. The van der Waals surface area contributed by atoms with Gasteiger partial charge in [0.2, 0.25) is 0 Å². The van der Waals surface area contributed by atoms with Gasteiger partial charge in [0, 0.05) is 63.5 Å². The fourth-order valence-electron chi connectivity index (χ4n) is 8.88. The minimum Gasteiger partial charge on any atom is -0.311 e. The highest BCUT2D eigenvalue weighted by Crippen LogP contribution is 2.50. The molecule has 6 aromatic carbocycles. The Kier molecular flexibility index (Phi) is 7.45. The number of benzene rings is 6. The van der Waals surface area contributed by atoms with E-state index in [1.165, 1.54) is 96.8 Å². The van der Waals surface area contributed by atoms with Crippen LogP contribution in [0.1, 0.15) is 79.0 Å². The minimum atomic E-state index is 0.0118. The van der Waals surface area contributed by atoms with Crippen LogP contribution in [0.5, 0.6) is 0 Å². The molecule has 10 rings (SSSR count). The van der Waals surface area contributed by atoms with Crippen molar-refractivity contribution in [3.63, 3.8) is 0 Å². The van der Waals surface area contributed by atoms with Gasteiger partial charge in [-0.2, -0.15) is 0 Å². The van der Waals surface area contributed by atoms with Crippen LogP contribution in [0.15, 0.2) is 121 Å². The molecule has 2 nitrogen and oxygen atoms in total. The lowest BCUT2D eigenvalue weighted by molar-refractivity contribution is 0.590. The number of rotatable bonds is 2. The second-order valence-electron chi connectivity index (χ2n) is 18.7. The van der Waals surface area contributed by atoms with Gasteiger partial charge in [0.25, 0.3) is 6.71 Å². The molecule has 0 bridgehead atoms. The van der Waals surface area contributed by atoms with E-state index in [-0.39, 0.29) is 23.0 Å². The van der Waals surface area contributed by atoms with Crippen molar-refractivity contribution in [3.8, 4) is 0 Å². The molecular formula is C50H47BN2S2. The zero-order valence-corrected chi connectivity index (χ0v) is 35.0. The SMILES string of the molecule is CC(C)(C)c1ccc(N2c3ccc(C(C)(C)C)cc3B3c4sc5cc6sc7ccccc7c6cc5c4N(c4ccc(C(C)(C)C)cc4)c4cccc2c43)cc1. The summed E-state index contributed by atoms with van der Waals surface area (Å²) in [6.45, 7) is 20.9. The third-order valence-corrected chi connectivity index (χ3v) is 14.3. The molecule has 2 aliphatic rings. The molecule has 0 amide bonds. The lowest BCUT2D eigenvalue weighted by atomic mass is 9.36. The Morgan fingerprint density at radius 1 is 0.436 bits per heavy atom. The molecular weight excluding hydrogens is 704 g/mol. The molecule has 55 heavy (non-hydrogen) atoms. The van der Waals surface area contributed by atoms with Crippen LogP contribution < -0.4 is 25.5 Å². The van der Waals surface area contributed by atoms with Crippen molar-refractivity contribution < 1.29 is 0 Å². The Bertz CT molecular complexity index is 2820. The monoisotopic (exact) mass is 750 g/mol. The van der Waals surface area contributed by atoms with Crippen molar-refractivity contribution in [2.24, 2.45) is 0 Å². The molecule has 2 aliphatic heterocycles. The summed E-state index contributed by atoms with van der Waals surface area (Å²) in [5.74, 6) is 0. The quantitative estimate of drug-likeness (QED) is 0.162. The zero-order valence-electron chi connectivity index (χ0n) is 33.3. The summed E-state index contributed by atoms with van der Waals surface area (Å²) in [5, 5.41) is 4.02. The first-order valence-corrected chi connectivity index (χ1v) is 21.3. The Balaban J connectivity index is 1.29. The number of nitrogens with zero attached hydrogens (tertiary/aromatic N) is 2. The van der Waals surface area contributed by atoms with Crippen LogP contribution in [-0.2, 0) is 16.2 Å². The van der Waals surface area contributed by atoms with Crippen molar-refractivity contribution in [1.29, 1.82) is 0 Å². The topological polar surface area (TPSA) is 6.48 Å². The summed E-state index contributed by atoms with van der Waals surface area (Å²) in [4.78, 5) is 5.13. The van der Waals surface area contributed by atoms with Gasteiger partial charge in [-0.1, -0.05) is 123 Å². The third kappa shape index (κ3) is 5.34. The van der Waals surface area contributed by atoms with E-state index in [0.29, 0.717) is 0 Å². The number of thiophene rings is 2. The van der Waals surface area contributed by atoms with E-state index in [1.54, 1.807) is 0 Å². The van der Waals surface area contributed by atoms with Gasteiger partial charge in [-0.25, -0.2) is 0 Å². The molecule has 272 valence electrons. The van der Waals surface area contributed by atoms with Gasteiger partial charge in [0.15, 0.2) is 0 Å². The highest BCUT2D eigenvalue weighted by atomic mass is 32.1. The van der Waals surface area contributed by atoms with Crippen molar-refractivity contribution >= 4 is 109 Å². The van der Waals surface area contributed by atoms with Crippen molar-refractivity contribution in [2.75, 3.05) is 9.80 Å². The standard InChI is InChI=1S/C50H47BN2S2/c1-48(2,3)30-17-22-33(23-18-30)52-39-26-21-32(50(7,8)9)27-38(39)51-45-40(52)14-12-15-41(45)53(34-24-19-31(20-25-34)49(4,5)6)46-37-28-36-35-13-10-11-16-42(35)54-43(36)29-44(37)55-47(46)51/h10-29H,1-9H3. The lowest BCUT2D eigenvalue weighted by Gasteiger charge is -2.43. The van der Waals surface area contributed by atoms with Gasteiger partial charge in [0.1, 0.15) is 0 Å². The van der Waals surface area contributed by atoms with Gasteiger partial charge in [-0.05, 0) is 105 Å². The summed E-state index contributed by atoms with van der Waals surface area (Å²) in [6, 6.07) is 46.8. The zero-order chi connectivity index (χ0) is 38.2. The minimum absolute atomic E-state index is 0.0118.